The zero-order valence-corrected chi connectivity index (χ0v) is 11.1. The van der Waals surface area contributed by atoms with Gasteiger partial charge in [-0.15, -0.1) is 11.3 Å². The second kappa shape index (κ2) is 6.20. The van der Waals surface area contributed by atoms with Gasteiger partial charge in [0, 0.05) is 23.0 Å². The number of aliphatic hydroxyl groups is 1. The van der Waals surface area contributed by atoms with Gasteiger partial charge in [-0.2, -0.15) is 0 Å². The lowest BCUT2D eigenvalue weighted by atomic mass is 10.2. The summed E-state index contributed by atoms with van der Waals surface area (Å²) in [7, 11) is 2.21. The van der Waals surface area contributed by atoms with Crippen molar-refractivity contribution in [1.82, 2.24) is 4.90 Å². The molecule has 0 aliphatic heterocycles. The number of nitrogens with zero attached hydrogens (tertiary/aromatic N) is 1. The third kappa shape index (κ3) is 3.32. The normalized spacial score (nSPS) is 16.2. The van der Waals surface area contributed by atoms with Gasteiger partial charge in [-0.3, -0.25) is 4.90 Å². The first-order valence-electron chi connectivity index (χ1n) is 6.17. The molecule has 0 unspecified atom stereocenters. The maximum absolute atomic E-state index is 8.73. The molecule has 1 N–H and O–H groups in total. The first-order valence-corrected chi connectivity index (χ1v) is 7.05. The van der Waals surface area contributed by atoms with Crippen LogP contribution in [0.2, 0.25) is 0 Å². The van der Waals surface area contributed by atoms with Gasteiger partial charge in [-0.25, -0.2) is 0 Å². The van der Waals surface area contributed by atoms with Gasteiger partial charge in [0.25, 0.3) is 0 Å². The first kappa shape index (κ1) is 12.6. The van der Waals surface area contributed by atoms with Crippen molar-refractivity contribution in [2.45, 2.75) is 38.3 Å². The molecular weight excluding hydrogens is 230 g/mol. The maximum atomic E-state index is 8.73. The highest BCUT2D eigenvalue weighted by atomic mass is 32.1. The summed E-state index contributed by atoms with van der Waals surface area (Å²) in [5, 5.41) is 10.8. The van der Waals surface area contributed by atoms with E-state index in [0.717, 1.165) is 18.2 Å². The molecule has 1 aliphatic rings. The summed E-state index contributed by atoms with van der Waals surface area (Å²) in [6, 6.07) is 2.79. The first-order chi connectivity index (χ1) is 8.31. The quantitative estimate of drug-likeness (QED) is 0.832. The van der Waals surface area contributed by atoms with Crippen LogP contribution < -0.4 is 0 Å². The van der Waals surface area contributed by atoms with Gasteiger partial charge < -0.3 is 5.11 Å². The minimum Gasteiger partial charge on any atom is -0.384 e. The topological polar surface area (TPSA) is 23.5 Å². The third-order valence-electron chi connectivity index (χ3n) is 3.39. The lowest BCUT2D eigenvalue weighted by molar-refractivity contribution is 0.239. The number of aliphatic hydroxyl groups excluding tert-OH is 1. The molecular formula is C14H19NOS. The van der Waals surface area contributed by atoms with Crippen molar-refractivity contribution in [3.05, 3.63) is 21.9 Å². The molecule has 17 heavy (non-hydrogen) atoms. The average Bonchev–Trinajstić information content (AvgIpc) is 2.97. The molecule has 1 aromatic rings. The summed E-state index contributed by atoms with van der Waals surface area (Å²) in [4.78, 5) is 3.77. The van der Waals surface area contributed by atoms with Crippen LogP contribution in [0.15, 0.2) is 11.4 Å². The molecule has 1 aromatic heterocycles. The van der Waals surface area contributed by atoms with Crippen molar-refractivity contribution in [1.29, 1.82) is 0 Å². The van der Waals surface area contributed by atoms with Gasteiger partial charge in [0.15, 0.2) is 0 Å². The Morgan fingerprint density at radius 1 is 1.47 bits per heavy atom. The van der Waals surface area contributed by atoms with Crippen LogP contribution in [0.1, 0.15) is 36.1 Å². The van der Waals surface area contributed by atoms with Crippen molar-refractivity contribution in [2.24, 2.45) is 0 Å². The lowest BCUT2D eigenvalue weighted by Crippen LogP contribution is -2.28. The Morgan fingerprint density at radius 2 is 2.24 bits per heavy atom. The van der Waals surface area contributed by atoms with E-state index in [0.29, 0.717) is 0 Å². The molecule has 92 valence electrons. The number of hydrogen-bond acceptors (Lipinski definition) is 3. The van der Waals surface area contributed by atoms with Crippen LogP contribution in [0.25, 0.3) is 0 Å². The highest BCUT2D eigenvalue weighted by Crippen LogP contribution is 2.25. The Hall–Kier alpha value is -0.820. The van der Waals surface area contributed by atoms with Crippen LogP contribution in [0.4, 0.5) is 0 Å². The largest absolute Gasteiger partial charge is 0.384 e. The van der Waals surface area contributed by atoms with E-state index >= 15 is 0 Å². The third-order valence-corrected chi connectivity index (χ3v) is 4.29. The maximum Gasteiger partial charge on any atom is 0.104 e. The minimum absolute atomic E-state index is 0.0618. The summed E-state index contributed by atoms with van der Waals surface area (Å²) in [6.45, 7) is 0.922. The van der Waals surface area contributed by atoms with Gasteiger partial charge in [0.1, 0.15) is 6.61 Å². The molecule has 1 heterocycles. The van der Waals surface area contributed by atoms with E-state index in [2.05, 4.69) is 29.2 Å². The molecule has 0 amide bonds. The van der Waals surface area contributed by atoms with Crippen LogP contribution >= 0.6 is 11.3 Å². The van der Waals surface area contributed by atoms with E-state index in [1.165, 1.54) is 30.6 Å². The summed E-state index contributed by atoms with van der Waals surface area (Å²) in [5.74, 6) is 5.75. The fourth-order valence-corrected chi connectivity index (χ4v) is 3.30. The fourth-order valence-electron chi connectivity index (χ4n) is 2.41. The monoisotopic (exact) mass is 249 g/mol. The van der Waals surface area contributed by atoms with E-state index in [-0.39, 0.29) is 6.61 Å². The molecule has 0 saturated heterocycles. The number of thiophene rings is 1. The summed E-state index contributed by atoms with van der Waals surface area (Å²) < 4.78 is 0. The van der Waals surface area contributed by atoms with Gasteiger partial charge in [-0.05, 0) is 31.3 Å². The van der Waals surface area contributed by atoms with E-state index < -0.39 is 0 Å². The zero-order chi connectivity index (χ0) is 12.1. The van der Waals surface area contributed by atoms with Crippen LogP contribution in [0.3, 0.4) is 0 Å². The second-order valence-corrected chi connectivity index (χ2v) is 5.57. The second-order valence-electron chi connectivity index (χ2n) is 4.57. The van der Waals surface area contributed by atoms with Crippen molar-refractivity contribution in [2.75, 3.05) is 13.7 Å². The average molecular weight is 249 g/mol. The van der Waals surface area contributed by atoms with Crippen LogP contribution in [-0.2, 0) is 6.54 Å². The van der Waals surface area contributed by atoms with E-state index in [1.54, 1.807) is 11.3 Å². The summed E-state index contributed by atoms with van der Waals surface area (Å²) in [6.07, 6.45) is 5.41. The van der Waals surface area contributed by atoms with Gasteiger partial charge in [0.05, 0.1) is 0 Å². The molecule has 0 radical (unpaired) electrons. The Kier molecular flexibility index (Phi) is 4.61. The highest BCUT2D eigenvalue weighted by molar-refractivity contribution is 7.10. The molecule has 1 fully saturated rings. The van der Waals surface area contributed by atoms with Gasteiger partial charge >= 0.3 is 0 Å². The van der Waals surface area contributed by atoms with Crippen molar-refractivity contribution >= 4 is 11.3 Å². The van der Waals surface area contributed by atoms with Crippen LogP contribution in [-0.4, -0.2) is 29.7 Å². The molecule has 0 atom stereocenters. The molecule has 2 nitrogen and oxygen atoms in total. The fraction of sp³-hybridized carbons (Fsp3) is 0.571. The Bertz CT molecular complexity index is 409. The summed E-state index contributed by atoms with van der Waals surface area (Å²) in [5.41, 5.74) is 1.08. The van der Waals surface area contributed by atoms with Crippen molar-refractivity contribution in [3.8, 4) is 11.8 Å². The highest BCUT2D eigenvalue weighted by Gasteiger charge is 2.20. The Morgan fingerprint density at radius 3 is 2.94 bits per heavy atom. The van der Waals surface area contributed by atoms with E-state index in [9.17, 15) is 0 Å². The molecule has 1 aliphatic carbocycles. The van der Waals surface area contributed by atoms with Gasteiger partial charge in [-0.1, -0.05) is 24.7 Å². The molecule has 0 spiro atoms. The summed E-state index contributed by atoms with van der Waals surface area (Å²) >= 11 is 1.76. The van der Waals surface area contributed by atoms with Crippen LogP contribution in [0, 0.1) is 11.8 Å². The van der Waals surface area contributed by atoms with Crippen molar-refractivity contribution in [3.63, 3.8) is 0 Å². The Balaban J connectivity index is 2.00. The van der Waals surface area contributed by atoms with E-state index in [1.807, 2.05) is 6.07 Å². The van der Waals surface area contributed by atoms with Gasteiger partial charge in [0.2, 0.25) is 0 Å². The molecule has 3 heteroatoms. The van der Waals surface area contributed by atoms with Crippen LogP contribution in [0.5, 0.6) is 0 Å². The molecule has 1 saturated carbocycles. The predicted octanol–water partition coefficient (Wildman–Crippen LogP) is 2.47. The smallest absolute Gasteiger partial charge is 0.104 e. The number of rotatable bonds is 3. The molecule has 0 aromatic carbocycles. The SMILES string of the molecule is CN(Cc1sccc1C#CCO)C1CCCC1. The predicted molar refractivity (Wildman–Crippen MR) is 72.0 cm³/mol. The molecule has 2 rings (SSSR count). The Labute approximate surface area is 107 Å². The minimum atomic E-state index is -0.0618. The lowest BCUT2D eigenvalue weighted by Gasteiger charge is -2.23. The standard InChI is InChI=1S/C14H19NOS/c1-15(13-6-2-3-7-13)11-14-12(5-4-9-16)8-10-17-14/h8,10,13,16H,2-3,6-7,9,11H2,1H3. The van der Waals surface area contributed by atoms with E-state index in [4.69, 9.17) is 5.11 Å². The zero-order valence-electron chi connectivity index (χ0n) is 10.3. The van der Waals surface area contributed by atoms with Crippen molar-refractivity contribution < 1.29 is 5.11 Å². The number of hydrogen-bond donors (Lipinski definition) is 1. The molecule has 0 bridgehead atoms.